The second kappa shape index (κ2) is 32.3. The Balaban J connectivity index is 0.609. The van der Waals surface area contributed by atoms with Gasteiger partial charge in [0.15, 0.2) is 0 Å². The lowest BCUT2D eigenvalue weighted by atomic mass is 9.96. The second-order valence-electron chi connectivity index (χ2n) is 23.2. The topological polar surface area (TPSA) is 0 Å². The quantitative estimate of drug-likeness (QED) is 0.0291. The van der Waals surface area contributed by atoms with Gasteiger partial charge in [-0.2, -0.15) is 0 Å². The number of aryl methyl sites for hydroxylation is 6. The molecule has 428 valence electrons. The number of unbranched alkanes of at least 4 members (excludes halogenated alkanes) is 13. The van der Waals surface area contributed by atoms with Crippen molar-refractivity contribution in [1.29, 1.82) is 0 Å². The maximum absolute atomic E-state index is 15.6. The summed E-state index contributed by atoms with van der Waals surface area (Å²) in [6, 6.07) is 68.1. The van der Waals surface area contributed by atoms with Crippen LogP contribution in [0.4, 0.5) is 13.2 Å². The fraction of sp³-hybridized carbons (Fsp3) is 0.316. The highest BCUT2D eigenvalue weighted by molar-refractivity contribution is 7.16. The highest BCUT2D eigenvalue weighted by atomic mass is 31.0. The van der Waals surface area contributed by atoms with E-state index in [1.807, 2.05) is 48.5 Å². The molecule has 0 aliphatic heterocycles. The van der Waals surface area contributed by atoms with Crippen molar-refractivity contribution in [3.8, 4) is 66.8 Å². The van der Waals surface area contributed by atoms with Crippen LogP contribution in [-0.4, -0.2) is 6.16 Å². The minimum absolute atomic E-state index is 0.179. The van der Waals surface area contributed by atoms with E-state index in [4.69, 9.17) is 0 Å². The second-order valence-corrected chi connectivity index (χ2v) is 23.8. The van der Waals surface area contributed by atoms with E-state index in [0.717, 1.165) is 108 Å². The maximum Gasteiger partial charge on any atom is 0.131 e. The molecule has 0 fully saturated rings. The fourth-order valence-electron chi connectivity index (χ4n) is 11.7. The summed E-state index contributed by atoms with van der Waals surface area (Å²) in [7, 11) is 2.79. The van der Waals surface area contributed by atoms with E-state index in [2.05, 4.69) is 150 Å². The average molecular weight is 1120 g/mol. The highest BCUT2D eigenvalue weighted by Crippen LogP contribution is 2.33. The Morgan fingerprint density at radius 2 is 0.434 bits per heavy atom. The minimum atomic E-state index is -0.190. The molecule has 0 saturated heterocycles. The van der Waals surface area contributed by atoms with Gasteiger partial charge < -0.3 is 0 Å². The standard InChI is InChI=1S/C79H86F3P/c1-2-3-12-19-59-25-37-65(38-26-59)71-49-52-74(77(80)56-71)68-43-31-62(32-44-68)22-15-10-6-4-8-13-20-60-27-39-66(40-28-60)72-50-53-75(78(81)57-72)69-45-33-63(34-46-69)23-16-11-7-5-9-14-21-61-29-41-67(42-30-61)73-51-54-76(79(82)58-73)70-47-35-64(36-48-70)24-17-18-55-83/h25-54,56-58H,2-24,55,83H2,1H3. The van der Waals surface area contributed by atoms with Crippen molar-refractivity contribution in [2.75, 3.05) is 6.16 Å². The third kappa shape index (κ3) is 18.3. The van der Waals surface area contributed by atoms with Crippen LogP contribution >= 0.6 is 9.24 Å². The number of hydrogen-bond donors (Lipinski definition) is 0. The molecule has 0 spiro atoms. The van der Waals surface area contributed by atoms with Crippen LogP contribution in [0, 0.1) is 17.5 Å². The molecule has 0 nitrogen and oxygen atoms in total. The lowest BCUT2D eigenvalue weighted by molar-refractivity contribution is 0.594. The first-order chi connectivity index (χ1) is 40.8. The molecule has 0 amide bonds. The summed E-state index contributed by atoms with van der Waals surface area (Å²) < 4.78 is 46.3. The fourth-order valence-corrected chi connectivity index (χ4v) is 12.0. The summed E-state index contributed by atoms with van der Waals surface area (Å²) in [5.74, 6) is -0.550. The summed E-state index contributed by atoms with van der Waals surface area (Å²) >= 11 is 0. The minimum Gasteiger partial charge on any atom is -0.206 e. The van der Waals surface area contributed by atoms with Crippen molar-refractivity contribution in [2.24, 2.45) is 0 Å². The van der Waals surface area contributed by atoms with E-state index in [9.17, 15) is 0 Å². The smallest absolute Gasteiger partial charge is 0.131 e. The average Bonchev–Trinajstić information content (AvgIpc) is 3.67. The maximum atomic E-state index is 15.6. The first-order valence-corrected chi connectivity index (χ1v) is 32.3. The largest absolute Gasteiger partial charge is 0.206 e. The van der Waals surface area contributed by atoms with Gasteiger partial charge in [-0.15, -0.1) is 9.24 Å². The predicted octanol–water partition coefficient (Wildman–Crippen LogP) is 23.3. The molecule has 9 aromatic rings. The number of halogens is 3. The predicted molar refractivity (Wildman–Crippen MR) is 353 cm³/mol. The van der Waals surface area contributed by atoms with E-state index in [1.54, 1.807) is 18.2 Å². The summed E-state index contributed by atoms with van der Waals surface area (Å²) in [6.45, 7) is 2.23. The molecule has 0 aliphatic rings. The van der Waals surface area contributed by atoms with Crippen LogP contribution in [0.15, 0.2) is 200 Å². The van der Waals surface area contributed by atoms with Crippen LogP contribution in [0.25, 0.3) is 66.8 Å². The van der Waals surface area contributed by atoms with Crippen LogP contribution in [-0.2, 0) is 38.5 Å². The molecule has 1 unspecified atom stereocenters. The van der Waals surface area contributed by atoms with E-state index < -0.39 is 0 Å². The lowest BCUT2D eigenvalue weighted by Gasteiger charge is -2.10. The van der Waals surface area contributed by atoms with Crippen LogP contribution in [0.2, 0.25) is 0 Å². The molecular weight excluding hydrogens is 1040 g/mol. The van der Waals surface area contributed by atoms with Gasteiger partial charge in [-0.25, -0.2) is 13.2 Å². The molecule has 9 rings (SSSR count). The first-order valence-electron chi connectivity index (χ1n) is 31.4. The molecule has 0 saturated carbocycles. The molecular formula is C79H86F3P. The Kier molecular flexibility index (Phi) is 23.7. The summed E-state index contributed by atoms with van der Waals surface area (Å²) in [5, 5.41) is 0. The van der Waals surface area contributed by atoms with Gasteiger partial charge in [0.2, 0.25) is 0 Å². The van der Waals surface area contributed by atoms with Crippen molar-refractivity contribution in [3.63, 3.8) is 0 Å². The van der Waals surface area contributed by atoms with E-state index in [1.165, 1.54) is 130 Å². The van der Waals surface area contributed by atoms with Crippen LogP contribution in [0.5, 0.6) is 0 Å². The van der Waals surface area contributed by atoms with Gasteiger partial charge in [0.05, 0.1) is 0 Å². The number of rotatable bonds is 32. The van der Waals surface area contributed by atoms with Gasteiger partial charge in [-0.1, -0.05) is 253 Å². The molecule has 9 aromatic carbocycles. The monoisotopic (exact) mass is 1120 g/mol. The van der Waals surface area contributed by atoms with E-state index in [0.29, 0.717) is 16.7 Å². The van der Waals surface area contributed by atoms with Gasteiger partial charge in [0.25, 0.3) is 0 Å². The Labute approximate surface area is 498 Å². The first kappa shape index (κ1) is 60.8. The zero-order chi connectivity index (χ0) is 57.4. The van der Waals surface area contributed by atoms with Gasteiger partial charge in [0.1, 0.15) is 17.5 Å². The van der Waals surface area contributed by atoms with Gasteiger partial charge in [-0.3, -0.25) is 0 Å². The molecule has 1 atom stereocenters. The van der Waals surface area contributed by atoms with Crippen molar-refractivity contribution in [1.82, 2.24) is 0 Å². The molecule has 0 bridgehead atoms. The van der Waals surface area contributed by atoms with Crippen molar-refractivity contribution in [3.05, 3.63) is 251 Å². The van der Waals surface area contributed by atoms with Gasteiger partial charge >= 0.3 is 0 Å². The van der Waals surface area contributed by atoms with Crippen LogP contribution in [0.1, 0.15) is 149 Å². The normalized spacial score (nSPS) is 11.4. The van der Waals surface area contributed by atoms with Crippen molar-refractivity contribution in [2.45, 2.75) is 155 Å². The molecule has 0 aromatic heterocycles. The van der Waals surface area contributed by atoms with Gasteiger partial charge in [-0.05, 0) is 191 Å². The molecule has 0 N–H and O–H groups in total. The lowest BCUT2D eigenvalue weighted by Crippen LogP contribution is -1.91. The Hall–Kier alpha value is -6.80. The summed E-state index contributed by atoms with van der Waals surface area (Å²) in [4.78, 5) is 0. The van der Waals surface area contributed by atoms with Crippen molar-refractivity contribution >= 4 is 9.24 Å². The van der Waals surface area contributed by atoms with Crippen molar-refractivity contribution < 1.29 is 13.2 Å². The van der Waals surface area contributed by atoms with E-state index >= 15 is 13.2 Å². The summed E-state index contributed by atoms with van der Waals surface area (Å²) in [5.41, 5.74) is 18.5. The molecule has 4 heteroatoms. The SMILES string of the molecule is CCCCCc1ccc(-c2ccc(-c3ccc(CCCCCCCCc4ccc(-c5ccc(-c6ccc(CCCCCCCCc7ccc(-c8ccc(-c9ccc(CCCCP)cc9)c(F)c8)cc7)cc6)c(F)c5)cc4)cc3)c(F)c2)cc1. The Bertz CT molecular complexity index is 3360. The Morgan fingerprint density at radius 1 is 0.229 bits per heavy atom. The highest BCUT2D eigenvalue weighted by Gasteiger charge is 2.12. The Morgan fingerprint density at radius 3 is 0.663 bits per heavy atom. The van der Waals surface area contributed by atoms with Crippen LogP contribution < -0.4 is 0 Å². The summed E-state index contributed by atoms with van der Waals surface area (Å²) in [6.07, 6.45) is 28.1. The van der Waals surface area contributed by atoms with E-state index in [-0.39, 0.29) is 17.5 Å². The molecule has 83 heavy (non-hydrogen) atoms. The van der Waals surface area contributed by atoms with Gasteiger partial charge in [0, 0.05) is 16.7 Å². The van der Waals surface area contributed by atoms with Crippen LogP contribution in [0.3, 0.4) is 0 Å². The zero-order valence-electron chi connectivity index (χ0n) is 49.2. The zero-order valence-corrected chi connectivity index (χ0v) is 50.4. The third-order valence-electron chi connectivity index (χ3n) is 16.9. The number of benzene rings is 9. The molecule has 0 aliphatic carbocycles. The molecule has 0 radical (unpaired) electrons. The number of hydrogen-bond acceptors (Lipinski definition) is 0. The molecule has 0 heterocycles. The third-order valence-corrected chi connectivity index (χ3v) is 17.3.